The highest BCUT2D eigenvalue weighted by atomic mass is 32.2. The van der Waals surface area contributed by atoms with Gasteiger partial charge in [-0.05, 0) is 30.9 Å². The largest absolute Gasteiger partial charge is 0.445 e. The van der Waals surface area contributed by atoms with Crippen LogP contribution in [0.4, 0.5) is 10.5 Å². The second-order valence-corrected chi connectivity index (χ2v) is 7.09. The van der Waals surface area contributed by atoms with Crippen molar-refractivity contribution in [3.05, 3.63) is 47.0 Å². The molecule has 1 amide bonds. The van der Waals surface area contributed by atoms with Gasteiger partial charge in [-0.3, -0.25) is 10.1 Å². The number of hydrogen-bond acceptors (Lipinski definition) is 6. The topological polar surface area (TPSA) is 116 Å². The van der Waals surface area contributed by atoms with Crippen LogP contribution in [0.25, 0.3) is 0 Å². The minimum atomic E-state index is -4.16. The van der Waals surface area contributed by atoms with Crippen molar-refractivity contribution >= 4 is 21.8 Å². The first kappa shape index (κ1) is 19.6. The summed E-state index contributed by atoms with van der Waals surface area (Å²) in [5, 5.41) is 10.6. The summed E-state index contributed by atoms with van der Waals surface area (Å²) in [5.41, 5.74) is -0.249. The molecule has 0 spiro atoms. The second kappa shape index (κ2) is 8.44. The number of allylic oxidation sites excluding steroid dienone is 1. The van der Waals surface area contributed by atoms with E-state index >= 15 is 0 Å². The summed E-state index contributed by atoms with van der Waals surface area (Å²) < 4.78 is 31.1. The molecule has 132 valence electrons. The van der Waals surface area contributed by atoms with E-state index < -0.39 is 27.1 Å². The summed E-state index contributed by atoms with van der Waals surface area (Å²) in [7, 11) is -4.16. The third kappa shape index (κ3) is 5.65. The normalized spacial score (nSPS) is 12.5. The maximum Gasteiger partial charge on any atom is 0.421 e. The molecule has 0 aliphatic rings. The zero-order valence-corrected chi connectivity index (χ0v) is 14.3. The quantitative estimate of drug-likeness (QED) is 0.435. The zero-order chi connectivity index (χ0) is 18.3. The molecule has 1 aromatic rings. The molecule has 1 unspecified atom stereocenters. The lowest BCUT2D eigenvalue weighted by Crippen LogP contribution is -2.35. The summed E-state index contributed by atoms with van der Waals surface area (Å²) in [5.74, 6) is 0.0118. The van der Waals surface area contributed by atoms with Crippen molar-refractivity contribution < 1.29 is 22.9 Å². The van der Waals surface area contributed by atoms with E-state index in [-0.39, 0.29) is 16.5 Å². The van der Waals surface area contributed by atoms with Gasteiger partial charge < -0.3 is 4.74 Å². The SMILES string of the molecule is C=CCCC(OC(=O)NS(=O)(=O)c1ccc([N+](=O)[O-])cc1)C(C)C. The standard InChI is InChI=1S/C15H20N2O6S/c1-4-5-6-14(11(2)3)23-15(18)16-24(21,22)13-9-7-12(8-10-13)17(19)20/h4,7-11,14H,1,5-6H2,2-3H3,(H,16,18). The van der Waals surface area contributed by atoms with Gasteiger partial charge in [-0.1, -0.05) is 19.9 Å². The van der Waals surface area contributed by atoms with Crippen LogP contribution in [0.1, 0.15) is 26.7 Å². The summed E-state index contributed by atoms with van der Waals surface area (Å²) in [4.78, 5) is 21.5. The van der Waals surface area contributed by atoms with E-state index in [1.807, 2.05) is 13.8 Å². The number of nitrogens with zero attached hydrogens (tertiary/aromatic N) is 1. The first-order valence-electron chi connectivity index (χ1n) is 7.26. The number of non-ortho nitro benzene ring substituents is 1. The molecule has 0 heterocycles. The van der Waals surface area contributed by atoms with Crippen LogP contribution in [0.2, 0.25) is 0 Å². The number of sulfonamides is 1. The predicted octanol–water partition coefficient (Wildman–Crippen LogP) is 3.00. The molecule has 0 saturated heterocycles. The van der Waals surface area contributed by atoms with Crippen molar-refractivity contribution in [2.24, 2.45) is 5.92 Å². The number of rotatable bonds is 8. The van der Waals surface area contributed by atoms with Gasteiger partial charge in [0.1, 0.15) is 6.10 Å². The summed E-state index contributed by atoms with van der Waals surface area (Å²) in [6.45, 7) is 7.30. The van der Waals surface area contributed by atoms with Crippen LogP contribution in [0, 0.1) is 16.0 Å². The molecule has 0 saturated carbocycles. The number of amides is 1. The number of benzene rings is 1. The highest BCUT2D eigenvalue weighted by molar-refractivity contribution is 7.90. The van der Waals surface area contributed by atoms with E-state index in [0.29, 0.717) is 12.8 Å². The van der Waals surface area contributed by atoms with E-state index in [2.05, 4.69) is 6.58 Å². The monoisotopic (exact) mass is 356 g/mol. The van der Waals surface area contributed by atoms with E-state index in [0.717, 1.165) is 24.3 Å². The van der Waals surface area contributed by atoms with E-state index in [9.17, 15) is 23.3 Å². The molecule has 1 atom stereocenters. The highest BCUT2D eigenvalue weighted by Crippen LogP contribution is 2.17. The van der Waals surface area contributed by atoms with Gasteiger partial charge in [0.15, 0.2) is 0 Å². The third-order valence-corrected chi connectivity index (χ3v) is 4.56. The Morgan fingerprint density at radius 1 is 1.38 bits per heavy atom. The molecular formula is C15H20N2O6S. The molecule has 0 aromatic heterocycles. The van der Waals surface area contributed by atoms with Crippen LogP contribution >= 0.6 is 0 Å². The molecule has 1 N–H and O–H groups in total. The maximum atomic E-state index is 12.1. The summed E-state index contributed by atoms with van der Waals surface area (Å²) in [6.07, 6.45) is 1.31. The Hall–Kier alpha value is -2.42. The molecule has 1 rings (SSSR count). The highest BCUT2D eigenvalue weighted by Gasteiger charge is 2.23. The first-order chi connectivity index (χ1) is 11.2. The van der Waals surface area contributed by atoms with Crippen molar-refractivity contribution in [2.45, 2.75) is 37.7 Å². The lowest BCUT2D eigenvalue weighted by molar-refractivity contribution is -0.384. The Morgan fingerprint density at radius 2 is 1.96 bits per heavy atom. The number of hydrogen-bond donors (Lipinski definition) is 1. The number of carbonyl (C=O) groups is 1. The van der Waals surface area contributed by atoms with Gasteiger partial charge in [0.25, 0.3) is 15.7 Å². The Morgan fingerprint density at radius 3 is 2.42 bits per heavy atom. The molecule has 0 aliphatic heterocycles. The smallest absolute Gasteiger partial charge is 0.421 e. The molecule has 8 nitrogen and oxygen atoms in total. The predicted molar refractivity (Wildman–Crippen MR) is 88.0 cm³/mol. The minimum Gasteiger partial charge on any atom is -0.445 e. The fourth-order valence-corrected chi connectivity index (χ4v) is 2.77. The van der Waals surface area contributed by atoms with Gasteiger partial charge in [-0.2, -0.15) is 0 Å². The summed E-state index contributed by atoms with van der Waals surface area (Å²) in [6, 6.07) is 4.18. The Labute approximate surface area is 140 Å². The van der Waals surface area contributed by atoms with Crippen LogP contribution in [0.15, 0.2) is 41.8 Å². The fraction of sp³-hybridized carbons (Fsp3) is 0.400. The number of carbonyl (C=O) groups excluding carboxylic acids is 1. The van der Waals surface area contributed by atoms with E-state index in [1.165, 1.54) is 0 Å². The molecule has 0 radical (unpaired) electrons. The van der Waals surface area contributed by atoms with Crippen molar-refractivity contribution in [3.8, 4) is 0 Å². The van der Waals surface area contributed by atoms with Gasteiger partial charge in [0.2, 0.25) is 0 Å². The lowest BCUT2D eigenvalue weighted by Gasteiger charge is -2.21. The molecule has 24 heavy (non-hydrogen) atoms. The Kier molecular flexibility index (Phi) is 6.90. The van der Waals surface area contributed by atoms with Crippen LogP contribution in [-0.4, -0.2) is 25.5 Å². The van der Waals surface area contributed by atoms with Crippen LogP contribution in [0.5, 0.6) is 0 Å². The maximum absolute atomic E-state index is 12.1. The average Bonchev–Trinajstić information content (AvgIpc) is 2.50. The Balaban J connectivity index is 2.79. The van der Waals surface area contributed by atoms with E-state index in [4.69, 9.17) is 4.74 Å². The molecule has 1 aromatic carbocycles. The fourth-order valence-electron chi connectivity index (χ4n) is 1.89. The van der Waals surface area contributed by atoms with Gasteiger partial charge in [-0.15, -0.1) is 6.58 Å². The zero-order valence-electron chi connectivity index (χ0n) is 13.5. The molecule has 0 aliphatic carbocycles. The first-order valence-corrected chi connectivity index (χ1v) is 8.74. The van der Waals surface area contributed by atoms with Crippen molar-refractivity contribution in [3.63, 3.8) is 0 Å². The number of nitro groups is 1. The number of ether oxygens (including phenoxy) is 1. The molecule has 9 heteroatoms. The van der Waals surface area contributed by atoms with Crippen molar-refractivity contribution in [2.75, 3.05) is 0 Å². The molecule has 0 bridgehead atoms. The van der Waals surface area contributed by atoms with E-state index in [1.54, 1.807) is 10.8 Å². The lowest BCUT2D eigenvalue weighted by atomic mass is 10.0. The van der Waals surface area contributed by atoms with Crippen LogP contribution < -0.4 is 4.72 Å². The average molecular weight is 356 g/mol. The van der Waals surface area contributed by atoms with Gasteiger partial charge in [0.05, 0.1) is 9.82 Å². The number of nitro benzene ring substituents is 1. The van der Waals surface area contributed by atoms with Crippen LogP contribution in [-0.2, 0) is 14.8 Å². The number of nitrogens with one attached hydrogen (secondary N) is 1. The molecule has 0 fully saturated rings. The minimum absolute atomic E-state index is 0.0118. The molecular weight excluding hydrogens is 336 g/mol. The van der Waals surface area contributed by atoms with Crippen molar-refractivity contribution in [1.82, 2.24) is 4.72 Å². The summed E-state index contributed by atoms with van der Waals surface area (Å²) >= 11 is 0. The van der Waals surface area contributed by atoms with Gasteiger partial charge in [0, 0.05) is 12.1 Å². The van der Waals surface area contributed by atoms with Crippen LogP contribution in [0.3, 0.4) is 0 Å². The third-order valence-electron chi connectivity index (χ3n) is 3.23. The Bertz CT molecular complexity index is 697. The van der Waals surface area contributed by atoms with Gasteiger partial charge in [-0.25, -0.2) is 17.9 Å². The van der Waals surface area contributed by atoms with Gasteiger partial charge >= 0.3 is 6.09 Å². The second-order valence-electron chi connectivity index (χ2n) is 5.41. The van der Waals surface area contributed by atoms with Crippen molar-refractivity contribution in [1.29, 1.82) is 0 Å².